The van der Waals surface area contributed by atoms with Crippen LogP contribution in [0.1, 0.15) is 59.4 Å². The number of carbonyl (C=O) groups is 1. The number of hydrogen-bond acceptors (Lipinski definition) is 5. The van der Waals surface area contributed by atoms with Crippen LogP contribution in [-0.2, 0) is 18.8 Å². The molecule has 1 aliphatic heterocycles. The van der Waals surface area contributed by atoms with Gasteiger partial charge in [-0.3, -0.25) is 4.79 Å². The third-order valence-electron chi connectivity index (χ3n) is 6.46. The molecule has 2 heterocycles. The van der Waals surface area contributed by atoms with Crippen LogP contribution in [0, 0.1) is 5.82 Å². The lowest BCUT2D eigenvalue weighted by atomic mass is 9.79. The summed E-state index contributed by atoms with van der Waals surface area (Å²) in [4.78, 5) is 15.0. The fourth-order valence-electron chi connectivity index (χ4n) is 4.07. The molecule has 150 valence electrons. The molecule has 0 atom stereocenters. The van der Waals surface area contributed by atoms with Crippen molar-refractivity contribution in [2.24, 2.45) is 0 Å². The summed E-state index contributed by atoms with van der Waals surface area (Å²) in [6.45, 7) is 8.40. The maximum Gasteiger partial charge on any atom is 0.495 e. The molecule has 6 nitrogen and oxygen atoms in total. The Morgan fingerprint density at radius 2 is 1.82 bits per heavy atom. The van der Waals surface area contributed by atoms with E-state index < -0.39 is 18.3 Å². The molecular weight excluding hydrogens is 362 g/mol. The number of halogens is 1. The van der Waals surface area contributed by atoms with Gasteiger partial charge in [-0.05, 0) is 71.0 Å². The first-order valence-electron chi connectivity index (χ1n) is 9.82. The van der Waals surface area contributed by atoms with Crippen molar-refractivity contribution in [3.05, 3.63) is 24.3 Å². The van der Waals surface area contributed by atoms with Crippen LogP contribution in [0.4, 0.5) is 4.39 Å². The van der Waals surface area contributed by atoms with E-state index in [0.29, 0.717) is 23.0 Å². The van der Waals surface area contributed by atoms with Gasteiger partial charge in [-0.25, -0.2) is 9.37 Å². The minimum Gasteiger partial charge on any atom is -0.465 e. The molecular formula is C20H26BFN2O4. The summed E-state index contributed by atoms with van der Waals surface area (Å²) < 4.78 is 34.2. The molecule has 0 unspecified atom stereocenters. The topological polar surface area (TPSA) is 62.6 Å². The Bertz CT molecular complexity index is 874. The van der Waals surface area contributed by atoms with Crippen LogP contribution >= 0.6 is 0 Å². The van der Waals surface area contributed by atoms with E-state index in [4.69, 9.17) is 14.0 Å². The third kappa shape index (κ3) is 3.22. The molecule has 0 amide bonds. The predicted octanol–water partition coefficient (Wildman–Crippen LogP) is 3.13. The zero-order valence-electron chi connectivity index (χ0n) is 16.8. The number of carbonyl (C=O) groups excluding carboxylic acids is 1. The molecule has 0 bridgehead atoms. The average molecular weight is 388 g/mol. The van der Waals surface area contributed by atoms with Crippen molar-refractivity contribution in [3.63, 3.8) is 0 Å². The number of nitrogens with zero attached hydrogens (tertiary/aromatic N) is 2. The van der Waals surface area contributed by atoms with Crippen molar-refractivity contribution in [1.82, 2.24) is 9.55 Å². The first kappa shape index (κ1) is 19.4. The van der Waals surface area contributed by atoms with E-state index in [-0.39, 0.29) is 18.0 Å². The second-order valence-corrected chi connectivity index (χ2v) is 8.77. The lowest BCUT2D eigenvalue weighted by Gasteiger charge is -2.32. The highest BCUT2D eigenvalue weighted by Gasteiger charge is 2.52. The highest BCUT2D eigenvalue weighted by Crippen LogP contribution is 2.37. The van der Waals surface area contributed by atoms with Crippen LogP contribution < -0.4 is 5.46 Å². The molecule has 0 spiro atoms. The second-order valence-electron chi connectivity index (χ2n) is 8.77. The second kappa shape index (κ2) is 6.85. The van der Waals surface area contributed by atoms with Crippen LogP contribution in [0.25, 0.3) is 11.0 Å². The van der Waals surface area contributed by atoms with E-state index >= 15 is 4.39 Å². The van der Waals surface area contributed by atoms with E-state index in [0.717, 1.165) is 25.7 Å². The number of benzene rings is 1. The summed E-state index contributed by atoms with van der Waals surface area (Å²) in [6.07, 6.45) is 4.86. The molecule has 1 aromatic heterocycles. The molecule has 2 aliphatic rings. The molecule has 0 radical (unpaired) electrons. The Morgan fingerprint density at radius 3 is 2.43 bits per heavy atom. The number of aromatic nitrogens is 2. The van der Waals surface area contributed by atoms with Crippen molar-refractivity contribution in [3.8, 4) is 0 Å². The minimum atomic E-state index is -0.620. The number of hydrogen-bond donors (Lipinski definition) is 0. The Morgan fingerprint density at radius 1 is 1.18 bits per heavy atom. The van der Waals surface area contributed by atoms with Gasteiger partial charge in [0.15, 0.2) is 0 Å². The maximum absolute atomic E-state index is 15.1. The quantitative estimate of drug-likeness (QED) is 0.595. The summed E-state index contributed by atoms with van der Waals surface area (Å²) in [6, 6.07) is 3.48. The van der Waals surface area contributed by atoms with Gasteiger partial charge in [0.1, 0.15) is 17.4 Å². The molecule has 1 saturated carbocycles. The maximum atomic E-state index is 15.1. The monoisotopic (exact) mass is 388 g/mol. The van der Waals surface area contributed by atoms with Crippen molar-refractivity contribution in [2.75, 3.05) is 0 Å². The van der Waals surface area contributed by atoms with Crippen LogP contribution in [-0.4, -0.2) is 40.4 Å². The van der Waals surface area contributed by atoms with E-state index in [2.05, 4.69) is 4.98 Å². The fraction of sp³-hybridized carbons (Fsp3) is 0.600. The highest BCUT2D eigenvalue weighted by molar-refractivity contribution is 6.62. The van der Waals surface area contributed by atoms with E-state index in [1.807, 2.05) is 38.3 Å². The summed E-state index contributed by atoms with van der Waals surface area (Å²) >= 11 is 0. The third-order valence-corrected chi connectivity index (χ3v) is 6.46. The zero-order valence-corrected chi connectivity index (χ0v) is 16.8. The summed E-state index contributed by atoms with van der Waals surface area (Å²) in [5.41, 5.74) is 0.767. The van der Waals surface area contributed by atoms with Gasteiger partial charge >= 0.3 is 7.12 Å². The van der Waals surface area contributed by atoms with Crippen molar-refractivity contribution < 1.29 is 23.2 Å². The number of fused-ring (bicyclic) bond motifs is 1. The van der Waals surface area contributed by atoms with Gasteiger partial charge in [-0.15, -0.1) is 0 Å². The molecule has 8 heteroatoms. The smallest absolute Gasteiger partial charge is 0.465 e. The lowest BCUT2D eigenvalue weighted by Crippen LogP contribution is -2.41. The lowest BCUT2D eigenvalue weighted by molar-refractivity contribution is -0.135. The van der Waals surface area contributed by atoms with Gasteiger partial charge in [-0.2, -0.15) is 0 Å². The fourth-order valence-corrected chi connectivity index (χ4v) is 4.07. The zero-order chi connectivity index (χ0) is 20.1. The summed E-state index contributed by atoms with van der Waals surface area (Å²) in [5, 5.41) is 0. The summed E-state index contributed by atoms with van der Waals surface area (Å²) in [7, 11) is -0.620. The van der Waals surface area contributed by atoms with Crippen molar-refractivity contribution in [2.45, 2.75) is 76.7 Å². The van der Waals surface area contributed by atoms with E-state index in [1.165, 1.54) is 6.07 Å². The number of imidazole rings is 1. The normalized spacial score (nSPS) is 26.5. The molecule has 1 saturated heterocycles. The van der Waals surface area contributed by atoms with Crippen LogP contribution in [0.2, 0.25) is 0 Å². The van der Waals surface area contributed by atoms with Gasteiger partial charge in [0.2, 0.25) is 0 Å². The number of ether oxygens (including phenoxy) is 1. The Labute approximate surface area is 164 Å². The van der Waals surface area contributed by atoms with Crippen molar-refractivity contribution >= 4 is 30.1 Å². The molecule has 1 aromatic carbocycles. The average Bonchev–Trinajstić information content (AvgIpc) is 3.14. The van der Waals surface area contributed by atoms with Crippen LogP contribution in [0.3, 0.4) is 0 Å². The van der Waals surface area contributed by atoms with Gasteiger partial charge in [0, 0.05) is 6.04 Å². The van der Waals surface area contributed by atoms with Crippen molar-refractivity contribution in [1.29, 1.82) is 0 Å². The molecule has 2 aromatic rings. The highest BCUT2D eigenvalue weighted by atomic mass is 19.1. The van der Waals surface area contributed by atoms with Gasteiger partial charge in [0.25, 0.3) is 6.47 Å². The molecule has 4 rings (SSSR count). The first-order chi connectivity index (χ1) is 13.2. The standard InChI is InChI=1S/C20H26BFN2O4/c1-19(2)20(3,4)28-21(27-19)13-9-16(22)18-17(10-13)23-11-24(18)14-5-7-15(8-6-14)26-12-25/h9-12,14-15H,5-8H2,1-4H3. The predicted molar refractivity (Wildman–Crippen MR) is 104 cm³/mol. The van der Waals surface area contributed by atoms with Gasteiger partial charge in [0.05, 0.1) is 23.0 Å². The number of rotatable bonds is 4. The summed E-state index contributed by atoms with van der Waals surface area (Å²) in [5.74, 6) is -0.328. The van der Waals surface area contributed by atoms with Crippen LogP contribution in [0.5, 0.6) is 0 Å². The minimum absolute atomic E-state index is 0.0386. The van der Waals surface area contributed by atoms with Gasteiger partial charge < -0.3 is 18.6 Å². The Kier molecular flexibility index (Phi) is 4.74. The molecule has 0 N–H and O–H groups in total. The Hall–Kier alpha value is -1.93. The Balaban J connectivity index is 1.60. The SMILES string of the molecule is CC1(C)OB(c2cc(F)c3c(c2)ncn3C2CCC(OC=O)CC2)OC1(C)C. The van der Waals surface area contributed by atoms with E-state index in [9.17, 15) is 4.79 Å². The largest absolute Gasteiger partial charge is 0.495 e. The van der Waals surface area contributed by atoms with Crippen LogP contribution in [0.15, 0.2) is 18.5 Å². The molecule has 1 aliphatic carbocycles. The molecule has 2 fully saturated rings. The first-order valence-corrected chi connectivity index (χ1v) is 9.82. The van der Waals surface area contributed by atoms with E-state index in [1.54, 1.807) is 6.33 Å². The molecule has 28 heavy (non-hydrogen) atoms. The van der Waals surface area contributed by atoms with Gasteiger partial charge in [-0.1, -0.05) is 0 Å².